The molecule has 2 heterocycles. The molecule has 0 saturated carbocycles. The highest BCUT2D eigenvalue weighted by Crippen LogP contribution is 2.16. The number of halogens is 2. The molecule has 90 valence electrons. The van der Waals surface area contributed by atoms with Gasteiger partial charge >= 0.3 is 0 Å². The molecule has 0 radical (unpaired) electrons. The fraction of sp³-hybridized carbons (Fsp3) is 0.600. The number of piperidine rings is 1. The summed E-state index contributed by atoms with van der Waals surface area (Å²) in [7, 11) is 0. The Morgan fingerprint density at radius 2 is 2.31 bits per heavy atom. The molecular weight excluding hydrogens is 249 g/mol. The van der Waals surface area contributed by atoms with E-state index in [1.54, 1.807) is 6.07 Å². The van der Waals surface area contributed by atoms with E-state index in [9.17, 15) is 0 Å². The van der Waals surface area contributed by atoms with Gasteiger partial charge in [0.2, 0.25) is 11.2 Å². The van der Waals surface area contributed by atoms with E-state index in [0.29, 0.717) is 5.88 Å². The second-order valence-corrected chi connectivity index (χ2v) is 4.04. The first kappa shape index (κ1) is 13.5. The largest absolute Gasteiger partial charge is 0.473 e. The SMILES string of the molecule is Cc1cc(O[C@H]2CCCNC2)nc(Cl)n1.Cl. The van der Waals surface area contributed by atoms with Crippen LogP contribution in [0.2, 0.25) is 5.28 Å². The predicted molar refractivity (Wildman–Crippen MR) is 65.5 cm³/mol. The van der Waals surface area contributed by atoms with Crippen LogP contribution in [0.1, 0.15) is 18.5 Å². The Balaban J connectivity index is 0.00000128. The molecule has 0 spiro atoms. The van der Waals surface area contributed by atoms with Crippen LogP contribution >= 0.6 is 24.0 Å². The van der Waals surface area contributed by atoms with Gasteiger partial charge in [-0.15, -0.1) is 12.4 Å². The van der Waals surface area contributed by atoms with Crippen LogP contribution in [0, 0.1) is 6.92 Å². The van der Waals surface area contributed by atoms with Crippen LogP contribution in [0.3, 0.4) is 0 Å². The molecular formula is C10H15Cl2N3O. The van der Waals surface area contributed by atoms with Crippen LogP contribution in [-0.2, 0) is 0 Å². The summed E-state index contributed by atoms with van der Waals surface area (Å²) < 4.78 is 5.72. The Bertz CT molecular complexity index is 323. The van der Waals surface area contributed by atoms with Gasteiger partial charge in [0.15, 0.2) is 0 Å². The zero-order valence-electron chi connectivity index (χ0n) is 9.07. The van der Waals surface area contributed by atoms with E-state index in [2.05, 4.69) is 15.3 Å². The number of hydrogen-bond acceptors (Lipinski definition) is 4. The summed E-state index contributed by atoms with van der Waals surface area (Å²) in [6.45, 7) is 3.82. The number of rotatable bonds is 2. The maximum absolute atomic E-state index is 5.75. The lowest BCUT2D eigenvalue weighted by Gasteiger charge is -2.23. The Kier molecular flexibility index (Phi) is 5.25. The van der Waals surface area contributed by atoms with Gasteiger partial charge in [-0.25, -0.2) is 4.98 Å². The van der Waals surface area contributed by atoms with Crippen molar-refractivity contribution in [3.05, 3.63) is 17.0 Å². The van der Waals surface area contributed by atoms with E-state index < -0.39 is 0 Å². The van der Waals surface area contributed by atoms with E-state index in [1.807, 2.05) is 6.92 Å². The highest BCUT2D eigenvalue weighted by Gasteiger charge is 2.15. The molecule has 1 aromatic heterocycles. The molecule has 1 aliphatic rings. The lowest BCUT2D eigenvalue weighted by atomic mass is 10.1. The van der Waals surface area contributed by atoms with Crippen LogP contribution in [-0.4, -0.2) is 29.2 Å². The average Bonchev–Trinajstić information content (AvgIpc) is 2.17. The summed E-state index contributed by atoms with van der Waals surface area (Å²) in [6, 6.07) is 1.81. The number of aromatic nitrogens is 2. The highest BCUT2D eigenvalue weighted by atomic mass is 35.5. The van der Waals surface area contributed by atoms with Crippen molar-refractivity contribution in [2.75, 3.05) is 13.1 Å². The van der Waals surface area contributed by atoms with E-state index in [4.69, 9.17) is 16.3 Å². The van der Waals surface area contributed by atoms with Crippen molar-refractivity contribution in [3.63, 3.8) is 0 Å². The summed E-state index contributed by atoms with van der Waals surface area (Å²) in [5.74, 6) is 0.571. The molecule has 1 fully saturated rings. The summed E-state index contributed by atoms with van der Waals surface area (Å²) in [5, 5.41) is 3.53. The summed E-state index contributed by atoms with van der Waals surface area (Å²) in [5.41, 5.74) is 0.828. The van der Waals surface area contributed by atoms with Crippen molar-refractivity contribution < 1.29 is 4.74 Å². The third-order valence-corrected chi connectivity index (χ3v) is 2.51. The minimum Gasteiger partial charge on any atom is -0.473 e. The Labute approximate surface area is 106 Å². The molecule has 0 unspecified atom stereocenters. The molecule has 4 nitrogen and oxygen atoms in total. The fourth-order valence-corrected chi connectivity index (χ4v) is 1.87. The molecule has 1 atom stereocenters. The standard InChI is InChI=1S/C10H14ClN3O.ClH/c1-7-5-9(14-10(11)13-7)15-8-3-2-4-12-6-8;/h5,8,12H,2-4,6H2,1H3;1H/t8-;/m0./s1. The van der Waals surface area contributed by atoms with Gasteiger partial charge in [0.25, 0.3) is 0 Å². The first-order valence-corrected chi connectivity index (χ1v) is 5.50. The van der Waals surface area contributed by atoms with Gasteiger partial charge in [0.1, 0.15) is 6.10 Å². The lowest BCUT2D eigenvalue weighted by Crippen LogP contribution is -2.37. The number of hydrogen-bond donors (Lipinski definition) is 1. The molecule has 0 aromatic carbocycles. The normalized spacial score (nSPS) is 20.0. The van der Waals surface area contributed by atoms with Crippen molar-refractivity contribution in [1.82, 2.24) is 15.3 Å². The second-order valence-electron chi connectivity index (χ2n) is 3.70. The maximum atomic E-state index is 5.75. The molecule has 2 rings (SSSR count). The highest BCUT2D eigenvalue weighted by molar-refractivity contribution is 6.28. The number of ether oxygens (including phenoxy) is 1. The van der Waals surface area contributed by atoms with Crippen LogP contribution < -0.4 is 10.1 Å². The number of nitrogens with zero attached hydrogens (tertiary/aromatic N) is 2. The van der Waals surface area contributed by atoms with Gasteiger partial charge in [-0.3, -0.25) is 0 Å². The minimum absolute atomic E-state index is 0. The molecule has 1 N–H and O–H groups in total. The summed E-state index contributed by atoms with van der Waals surface area (Å²) in [6.07, 6.45) is 2.40. The smallest absolute Gasteiger partial charge is 0.225 e. The Morgan fingerprint density at radius 3 is 2.94 bits per heavy atom. The van der Waals surface area contributed by atoms with Crippen molar-refractivity contribution in [2.24, 2.45) is 0 Å². The van der Waals surface area contributed by atoms with Gasteiger partial charge in [0, 0.05) is 18.3 Å². The molecule has 16 heavy (non-hydrogen) atoms. The van der Waals surface area contributed by atoms with E-state index in [-0.39, 0.29) is 23.8 Å². The van der Waals surface area contributed by atoms with Crippen LogP contribution in [0.15, 0.2) is 6.07 Å². The molecule has 0 bridgehead atoms. The maximum Gasteiger partial charge on any atom is 0.225 e. The predicted octanol–water partition coefficient (Wildman–Crippen LogP) is 1.99. The number of aryl methyl sites for hydroxylation is 1. The van der Waals surface area contributed by atoms with Crippen LogP contribution in [0.4, 0.5) is 0 Å². The summed E-state index contributed by atoms with van der Waals surface area (Å²) in [4.78, 5) is 8.02. The molecule has 0 amide bonds. The van der Waals surface area contributed by atoms with Gasteiger partial charge in [-0.2, -0.15) is 4.98 Å². The monoisotopic (exact) mass is 263 g/mol. The van der Waals surface area contributed by atoms with Crippen molar-refractivity contribution in [1.29, 1.82) is 0 Å². The Hall–Kier alpha value is -0.580. The Morgan fingerprint density at radius 1 is 1.50 bits per heavy atom. The number of nitrogens with one attached hydrogen (secondary N) is 1. The van der Waals surface area contributed by atoms with Crippen molar-refractivity contribution >= 4 is 24.0 Å². The van der Waals surface area contributed by atoms with E-state index in [0.717, 1.165) is 31.6 Å². The van der Waals surface area contributed by atoms with Crippen LogP contribution in [0.5, 0.6) is 5.88 Å². The topological polar surface area (TPSA) is 47.0 Å². The zero-order valence-corrected chi connectivity index (χ0v) is 10.6. The van der Waals surface area contributed by atoms with Crippen molar-refractivity contribution in [3.8, 4) is 5.88 Å². The molecule has 1 saturated heterocycles. The third-order valence-electron chi connectivity index (χ3n) is 2.34. The first-order chi connectivity index (χ1) is 7.24. The average molecular weight is 264 g/mol. The van der Waals surface area contributed by atoms with E-state index in [1.165, 1.54) is 0 Å². The fourth-order valence-electron chi connectivity index (χ4n) is 1.66. The third kappa shape index (κ3) is 3.77. The summed E-state index contributed by atoms with van der Waals surface area (Å²) >= 11 is 5.75. The van der Waals surface area contributed by atoms with Gasteiger partial charge < -0.3 is 10.1 Å². The first-order valence-electron chi connectivity index (χ1n) is 5.12. The van der Waals surface area contributed by atoms with Crippen molar-refractivity contribution in [2.45, 2.75) is 25.9 Å². The van der Waals surface area contributed by atoms with Crippen LogP contribution in [0.25, 0.3) is 0 Å². The molecule has 1 aliphatic heterocycles. The van der Waals surface area contributed by atoms with Gasteiger partial charge in [0.05, 0.1) is 0 Å². The second kappa shape index (κ2) is 6.23. The van der Waals surface area contributed by atoms with Gasteiger partial charge in [-0.1, -0.05) is 0 Å². The van der Waals surface area contributed by atoms with E-state index >= 15 is 0 Å². The molecule has 0 aliphatic carbocycles. The molecule has 6 heteroatoms. The zero-order chi connectivity index (χ0) is 10.7. The lowest BCUT2D eigenvalue weighted by molar-refractivity contribution is 0.160. The quantitative estimate of drug-likeness (QED) is 0.830. The minimum atomic E-state index is 0. The van der Waals surface area contributed by atoms with Gasteiger partial charge in [-0.05, 0) is 37.9 Å². The molecule has 1 aromatic rings.